The molecule has 2 rings (SSSR count). The van der Waals surface area contributed by atoms with Crippen molar-refractivity contribution in [2.45, 2.75) is 4.83 Å². The molecule has 0 saturated carbocycles. The van der Waals surface area contributed by atoms with Crippen LogP contribution in [-0.4, -0.2) is 21.3 Å². The number of benzene rings is 1. The van der Waals surface area contributed by atoms with E-state index in [1.54, 1.807) is 32.7 Å². The minimum Gasteiger partial charge on any atom is -0.496 e. The van der Waals surface area contributed by atoms with Crippen molar-refractivity contribution in [2.24, 2.45) is 0 Å². The van der Waals surface area contributed by atoms with E-state index in [9.17, 15) is 0 Å². The van der Waals surface area contributed by atoms with E-state index in [4.69, 9.17) is 14.2 Å². The van der Waals surface area contributed by atoms with E-state index < -0.39 is 0 Å². The first-order chi connectivity index (χ1) is 9.60. The van der Waals surface area contributed by atoms with Crippen molar-refractivity contribution in [2.75, 3.05) is 21.3 Å². The second-order valence-corrected chi connectivity index (χ2v) is 7.20. The van der Waals surface area contributed by atoms with Gasteiger partial charge >= 0.3 is 0 Å². The first-order valence-electron chi connectivity index (χ1n) is 5.78. The Bertz CT molecular complexity index is 573. The minimum absolute atomic E-state index is 0.0131. The number of hydrogen-bond acceptors (Lipinski definition) is 4. The summed E-state index contributed by atoms with van der Waals surface area (Å²) in [5, 5.41) is 2.09. The van der Waals surface area contributed by atoms with Gasteiger partial charge in [-0.3, -0.25) is 0 Å². The molecule has 3 nitrogen and oxygen atoms in total. The molecule has 108 valence electrons. The van der Waals surface area contributed by atoms with Crippen molar-refractivity contribution in [3.63, 3.8) is 0 Å². The second kappa shape index (κ2) is 6.83. The van der Waals surface area contributed by atoms with Gasteiger partial charge in [-0.15, -0.1) is 11.3 Å². The monoisotopic (exact) mass is 420 g/mol. The van der Waals surface area contributed by atoms with Crippen molar-refractivity contribution in [3.05, 3.63) is 38.5 Å². The highest BCUT2D eigenvalue weighted by Gasteiger charge is 2.22. The van der Waals surface area contributed by atoms with Crippen LogP contribution in [0.3, 0.4) is 0 Å². The third kappa shape index (κ3) is 3.13. The van der Waals surface area contributed by atoms with Crippen LogP contribution in [0.2, 0.25) is 0 Å². The Morgan fingerprint density at radius 3 is 2.00 bits per heavy atom. The number of hydrogen-bond donors (Lipinski definition) is 0. The number of alkyl halides is 1. The molecule has 0 fully saturated rings. The van der Waals surface area contributed by atoms with Gasteiger partial charge in [0, 0.05) is 12.1 Å². The predicted octanol–water partition coefficient (Wildman–Crippen LogP) is 5.02. The molecular formula is C14H14Br2O3S. The number of halogens is 2. The molecule has 1 heterocycles. The van der Waals surface area contributed by atoms with Gasteiger partial charge in [-0.1, -0.05) is 15.9 Å². The van der Waals surface area contributed by atoms with Gasteiger partial charge in [0.05, 0.1) is 35.5 Å². The molecular weight excluding hydrogens is 408 g/mol. The highest BCUT2D eigenvalue weighted by atomic mass is 79.9. The molecule has 20 heavy (non-hydrogen) atoms. The summed E-state index contributed by atoms with van der Waals surface area (Å²) in [6.07, 6.45) is 0. The number of rotatable bonds is 5. The minimum atomic E-state index is -0.0131. The Morgan fingerprint density at radius 2 is 1.60 bits per heavy atom. The van der Waals surface area contributed by atoms with Crippen molar-refractivity contribution >= 4 is 43.2 Å². The molecule has 1 aromatic carbocycles. The molecule has 0 amide bonds. The molecule has 6 heteroatoms. The lowest BCUT2D eigenvalue weighted by Crippen LogP contribution is -2.01. The van der Waals surface area contributed by atoms with Crippen molar-refractivity contribution < 1.29 is 14.2 Å². The van der Waals surface area contributed by atoms with Crippen LogP contribution in [0, 0.1) is 0 Å². The van der Waals surface area contributed by atoms with Gasteiger partial charge in [0.1, 0.15) is 17.2 Å². The van der Waals surface area contributed by atoms with Crippen LogP contribution in [0.4, 0.5) is 0 Å². The smallest absolute Gasteiger partial charge is 0.130 e. The van der Waals surface area contributed by atoms with Crippen molar-refractivity contribution in [1.29, 1.82) is 0 Å². The van der Waals surface area contributed by atoms with E-state index in [2.05, 4.69) is 43.3 Å². The van der Waals surface area contributed by atoms with Crippen LogP contribution >= 0.6 is 43.2 Å². The van der Waals surface area contributed by atoms with Crippen LogP contribution in [0.5, 0.6) is 17.2 Å². The highest BCUT2D eigenvalue weighted by Crippen LogP contribution is 2.45. The van der Waals surface area contributed by atoms with Gasteiger partial charge in [0.15, 0.2) is 0 Å². The highest BCUT2D eigenvalue weighted by molar-refractivity contribution is 9.11. The quantitative estimate of drug-likeness (QED) is 0.634. The normalized spacial score (nSPS) is 12.1. The lowest BCUT2D eigenvalue weighted by molar-refractivity contribution is 0.369. The molecule has 0 bridgehead atoms. The van der Waals surface area contributed by atoms with Crippen molar-refractivity contribution in [3.8, 4) is 17.2 Å². The van der Waals surface area contributed by atoms with Crippen LogP contribution in [0.1, 0.15) is 16.0 Å². The third-order valence-corrected chi connectivity index (χ3v) is 5.40. The number of ether oxygens (including phenoxy) is 3. The Morgan fingerprint density at radius 1 is 1.00 bits per heavy atom. The Balaban J connectivity index is 2.53. The standard InChI is InChI=1S/C14H14Br2O3S/c1-17-9-5-10(18-2)13(11(6-9)19-3)14(16)8-4-12(15)20-7-8/h4-7,14H,1-3H3. The fourth-order valence-electron chi connectivity index (χ4n) is 1.91. The van der Waals surface area contributed by atoms with Crippen LogP contribution in [0.25, 0.3) is 0 Å². The SMILES string of the molecule is COc1cc(OC)c(C(Br)c2csc(Br)c2)c(OC)c1. The summed E-state index contributed by atoms with van der Waals surface area (Å²) in [5.74, 6) is 2.16. The van der Waals surface area contributed by atoms with E-state index in [1.165, 1.54) is 0 Å². The van der Waals surface area contributed by atoms with Gasteiger partial charge in [-0.2, -0.15) is 0 Å². The molecule has 0 spiro atoms. The largest absolute Gasteiger partial charge is 0.496 e. The fourth-order valence-corrected chi connectivity index (χ4v) is 4.00. The summed E-state index contributed by atoms with van der Waals surface area (Å²) in [6, 6.07) is 5.79. The van der Waals surface area contributed by atoms with E-state index in [0.29, 0.717) is 5.75 Å². The van der Waals surface area contributed by atoms with Gasteiger partial charge in [0.25, 0.3) is 0 Å². The summed E-state index contributed by atoms with van der Waals surface area (Å²) < 4.78 is 17.3. The number of thiophene rings is 1. The van der Waals surface area contributed by atoms with E-state index in [-0.39, 0.29) is 4.83 Å². The molecule has 1 unspecified atom stereocenters. The average Bonchev–Trinajstić information content (AvgIpc) is 2.91. The van der Waals surface area contributed by atoms with E-state index in [1.807, 2.05) is 12.1 Å². The second-order valence-electron chi connectivity index (χ2n) is 3.99. The lowest BCUT2D eigenvalue weighted by atomic mass is 10.0. The predicted molar refractivity (Wildman–Crippen MR) is 88.9 cm³/mol. The van der Waals surface area contributed by atoms with Crippen LogP contribution < -0.4 is 14.2 Å². The molecule has 1 aromatic heterocycles. The van der Waals surface area contributed by atoms with E-state index in [0.717, 1.165) is 26.4 Å². The summed E-state index contributed by atoms with van der Waals surface area (Å²) in [4.78, 5) is -0.0131. The first kappa shape index (κ1) is 15.7. The maximum absolute atomic E-state index is 5.48. The Kier molecular flexibility index (Phi) is 5.35. The average molecular weight is 422 g/mol. The van der Waals surface area contributed by atoms with E-state index >= 15 is 0 Å². The molecule has 0 radical (unpaired) electrons. The Hall–Kier alpha value is -0.720. The fraction of sp³-hybridized carbons (Fsp3) is 0.286. The molecule has 0 aliphatic rings. The zero-order valence-electron chi connectivity index (χ0n) is 11.3. The zero-order valence-corrected chi connectivity index (χ0v) is 15.3. The zero-order chi connectivity index (χ0) is 14.7. The Labute approximate surface area is 139 Å². The van der Waals surface area contributed by atoms with Crippen LogP contribution in [0.15, 0.2) is 27.4 Å². The van der Waals surface area contributed by atoms with Gasteiger partial charge < -0.3 is 14.2 Å². The molecule has 2 aromatic rings. The first-order valence-corrected chi connectivity index (χ1v) is 8.37. The molecule has 0 saturated heterocycles. The van der Waals surface area contributed by atoms with Gasteiger partial charge in [-0.25, -0.2) is 0 Å². The number of methoxy groups -OCH3 is 3. The molecule has 0 N–H and O–H groups in total. The molecule has 0 aliphatic heterocycles. The summed E-state index contributed by atoms with van der Waals surface area (Å²) in [5.41, 5.74) is 2.09. The van der Waals surface area contributed by atoms with Gasteiger partial charge in [0.2, 0.25) is 0 Å². The van der Waals surface area contributed by atoms with Crippen LogP contribution in [-0.2, 0) is 0 Å². The topological polar surface area (TPSA) is 27.7 Å². The summed E-state index contributed by atoms with van der Waals surface area (Å²) in [6.45, 7) is 0. The summed E-state index contributed by atoms with van der Waals surface area (Å²) in [7, 11) is 4.90. The maximum Gasteiger partial charge on any atom is 0.130 e. The summed E-state index contributed by atoms with van der Waals surface area (Å²) >= 11 is 8.85. The lowest BCUT2D eigenvalue weighted by Gasteiger charge is -2.18. The molecule has 1 atom stereocenters. The third-order valence-electron chi connectivity index (χ3n) is 2.89. The maximum atomic E-state index is 5.48. The molecule has 0 aliphatic carbocycles. The van der Waals surface area contributed by atoms with Gasteiger partial charge in [-0.05, 0) is 32.9 Å². The van der Waals surface area contributed by atoms with Crippen molar-refractivity contribution in [1.82, 2.24) is 0 Å².